The molecule has 0 aliphatic heterocycles. The fourth-order valence-electron chi connectivity index (χ4n) is 16.8. The van der Waals surface area contributed by atoms with Crippen molar-refractivity contribution in [3.8, 4) is 63.4 Å². The molecule has 0 unspecified atom stereocenters. The molecular weight excluding hydrogens is 1510 g/mol. The lowest BCUT2D eigenvalue weighted by Gasteiger charge is -2.24. The molecular formula is C104H132F2N2O4S4. The van der Waals surface area contributed by atoms with Crippen LogP contribution in [0.5, 0.6) is 23.0 Å². The van der Waals surface area contributed by atoms with Crippen LogP contribution in [0.2, 0.25) is 0 Å². The molecule has 12 rings (SSSR count). The summed E-state index contributed by atoms with van der Waals surface area (Å²) in [5, 5.41) is 1.48. The van der Waals surface area contributed by atoms with Gasteiger partial charge in [-0.05, 0) is 220 Å². The van der Waals surface area contributed by atoms with Crippen molar-refractivity contribution in [3.63, 3.8) is 0 Å². The van der Waals surface area contributed by atoms with Gasteiger partial charge in [0.15, 0.2) is 0 Å². The van der Waals surface area contributed by atoms with Crippen LogP contribution in [-0.2, 0) is 25.7 Å². The van der Waals surface area contributed by atoms with E-state index in [0.717, 1.165) is 229 Å². The zero-order chi connectivity index (χ0) is 80.8. The summed E-state index contributed by atoms with van der Waals surface area (Å²) in [4.78, 5) is 9.64. The van der Waals surface area contributed by atoms with Crippen molar-refractivity contribution in [1.82, 2.24) is 9.13 Å². The van der Waals surface area contributed by atoms with Crippen LogP contribution in [0.15, 0.2) is 158 Å². The first-order chi connectivity index (χ1) is 57.1. The molecule has 6 aromatic heterocycles. The summed E-state index contributed by atoms with van der Waals surface area (Å²) >= 11 is 7.29. The fourth-order valence-corrected chi connectivity index (χ4v) is 21.6. The van der Waals surface area contributed by atoms with Crippen molar-refractivity contribution in [2.45, 2.75) is 299 Å². The van der Waals surface area contributed by atoms with Crippen molar-refractivity contribution in [2.75, 3.05) is 26.4 Å². The third-order valence-corrected chi connectivity index (χ3v) is 28.4. The number of thiophene rings is 4. The highest BCUT2D eigenvalue weighted by molar-refractivity contribution is 7.24. The molecule has 6 heterocycles. The highest BCUT2D eigenvalue weighted by Gasteiger charge is 2.34. The van der Waals surface area contributed by atoms with E-state index in [1.165, 1.54) is 130 Å². The lowest BCUT2D eigenvalue weighted by Crippen LogP contribution is -2.13. The number of benzene rings is 6. The minimum absolute atomic E-state index is 0.293. The Balaban J connectivity index is 1.16. The van der Waals surface area contributed by atoms with Gasteiger partial charge in [-0.2, -0.15) is 0 Å². The predicted molar refractivity (Wildman–Crippen MR) is 498 cm³/mol. The van der Waals surface area contributed by atoms with Crippen LogP contribution in [0.3, 0.4) is 0 Å². The molecule has 0 amide bonds. The number of unbranched alkanes of at least 4 members (excludes halogenated alkanes) is 24. The van der Waals surface area contributed by atoms with Gasteiger partial charge in [0.2, 0.25) is 0 Å². The minimum atomic E-state index is -0.527. The van der Waals surface area contributed by atoms with E-state index < -0.39 is 12.1 Å². The molecule has 0 bridgehead atoms. The largest absolute Gasteiger partial charge is 0.494 e. The van der Waals surface area contributed by atoms with E-state index in [1.807, 2.05) is 34.8 Å². The number of hydrogen-bond acceptors (Lipinski definition) is 8. The summed E-state index contributed by atoms with van der Waals surface area (Å²) in [5.74, 6) is 2.67. The Morgan fingerprint density at radius 3 is 0.836 bits per heavy atom. The third-order valence-electron chi connectivity index (χ3n) is 23.3. The molecule has 116 heavy (non-hydrogen) atoms. The normalized spacial score (nSPS) is 11.9. The molecule has 0 spiro atoms. The quantitative estimate of drug-likeness (QED) is 0.0357. The Bertz CT molecular complexity index is 4470. The number of hydrogen-bond donors (Lipinski definition) is 0. The molecule has 6 aromatic carbocycles. The Hall–Kier alpha value is -7.48. The Labute approximate surface area is 710 Å². The van der Waals surface area contributed by atoms with Gasteiger partial charge < -0.3 is 28.1 Å². The first kappa shape index (κ1) is 87.8. The molecule has 0 radical (unpaired) electrons. The summed E-state index contributed by atoms with van der Waals surface area (Å²) in [6.07, 6.45) is 40.6. The summed E-state index contributed by atoms with van der Waals surface area (Å²) in [5.41, 5.74) is 11.1. The van der Waals surface area contributed by atoms with Crippen LogP contribution >= 0.6 is 45.3 Å². The summed E-state index contributed by atoms with van der Waals surface area (Å²) in [6.45, 7) is 20.6. The molecule has 0 aliphatic rings. The lowest BCUT2D eigenvalue weighted by atomic mass is 9.97. The lowest BCUT2D eigenvalue weighted by molar-refractivity contribution is 0.304. The molecule has 0 aliphatic carbocycles. The highest BCUT2D eigenvalue weighted by atomic mass is 32.1. The smallest absolute Gasteiger partial charge is 0.132 e. The molecule has 12 aromatic rings. The standard InChI is InChI=1S/C104H132F2N2O4S4/c1-9-17-25-33-41-79-69-97(115-103(79)95-63-61-85(113-95)43-35-27-19-11-3)87-73-93-89(71-91(87)105)101-102(107(93)99(75-45-53-81(54-46-75)109-65-37-29-21-13-5)76-47-55-82(56-48-76)110-66-38-30-22-14-6)90-72-92(106)88(98-70-80(42-34-26-18-10-2)104(116-98)96-64-62-86(114-96)44-36-28-20-12-4)74-94(90)108(101)100(77-49-57-83(58-50-77)111-67-39-31-23-15-7)78-51-59-84(60-52-78)112-68-40-32-24-16-8/h45-64,69-74,99-100H,9-44,65-68H2,1-8H3. The van der Waals surface area contributed by atoms with Gasteiger partial charge in [0.1, 0.15) is 34.6 Å². The maximum absolute atomic E-state index is 19.2. The van der Waals surface area contributed by atoms with Gasteiger partial charge in [0, 0.05) is 60.9 Å². The molecule has 6 nitrogen and oxygen atoms in total. The van der Waals surface area contributed by atoms with Gasteiger partial charge in [0.25, 0.3) is 0 Å². The van der Waals surface area contributed by atoms with Crippen molar-refractivity contribution >= 4 is 78.2 Å². The van der Waals surface area contributed by atoms with E-state index >= 15 is 8.78 Å². The number of ether oxygens (including phenoxy) is 4. The van der Waals surface area contributed by atoms with E-state index in [9.17, 15) is 0 Å². The maximum Gasteiger partial charge on any atom is 0.132 e. The SMILES string of the molecule is CCCCCCOc1ccc(C(c2ccc(OCCCCCC)cc2)n2c3cc(-c4cc(CCCCCC)c(-c5ccc(CCCCCC)s5)s4)c(F)cc3c3c2c2cc(F)c(-c4cc(CCCCCC)c(-c5ccc(CCCCCC)s5)s4)cc2n3C(c2ccc(OCCCCCC)cc2)c2ccc(OCCCCCC)cc2)cc1. The zero-order valence-electron chi connectivity index (χ0n) is 71.4. The van der Waals surface area contributed by atoms with Crippen molar-refractivity contribution < 1.29 is 27.7 Å². The minimum Gasteiger partial charge on any atom is -0.494 e. The second-order valence-corrected chi connectivity index (χ2v) is 37.0. The summed E-state index contributed by atoms with van der Waals surface area (Å²) in [7, 11) is 0. The van der Waals surface area contributed by atoms with Crippen LogP contribution in [0, 0.1) is 11.6 Å². The Kier molecular flexibility index (Phi) is 35.0. The molecule has 0 saturated heterocycles. The van der Waals surface area contributed by atoms with Crippen LogP contribution in [0.4, 0.5) is 8.78 Å². The average Bonchev–Trinajstić information content (AvgIpc) is 1.53. The van der Waals surface area contributed by atoms with Gasteiger partial charge in [-0.3, -0.25) is 0 Å². The second-order valence-electron chi connectivity index (χ2n) is 32.6. The number of fused-ring (bicyclic) bond motifs is 5. The number of aryl methyl sites for hydroxylation is 4. The average molecular weight is 1640 g/mol. The number of nitrogens with zero attached hydrogens (tertiary/aromatic N) is 2. The predicted octanol–water partition coefficient (Wildman–Crippen LogP) is 33.5. The van der Waals surface area contributed by atoms with E-state index in [1.54, 1.807) is 22.7 Å². The van der Waals surface area contributed by atoms with E-state index in [0.29, 0.717) is 37.6 Å². The van der Waals surface area contributed by atoms with E-state index in [-0.39, 0.29) is 11.6 Å². The van der Waals surface area contributed by atoms with Crippen molar-refractivity contribution in [2.24, 2.45) is 0 Å². The monoisotopic (exact) mass is 1640 g/mol. The first-order valence-corrected chi connectivity index (χ1v) is 48.7. The topological polar surface area (TPSA) is 46.8 Å². The Morgan fingerprint density at radius 1 is 0.276 bits per heavy atom. The van der Waals surface area contributed by atoms with Crippen molar-refractivity contribution in [3.05, 3.63) is 212 Å². The fraction of sp³-hybridized carbons (Fsp3) is 0.481. The zero-order valence-corrected chi connectivity index (χ0v) is 74.6. The third kappa shape index (κ3) is 23.1. The number of rotatable bonds is 54. The van der Waals surface area contributed by atoms with Crippen LogP contribution in [0.25, 0.3) is 73.2 Å². The molecule has 0 N–H and O–H groups in total. The number of aromatic nitrogens is 2. The van der Waals surface area contributed by atoms with Gasteiger partial charge in [-0.25, -0.2) is 8.78 Å². The summed E-state index contributed by atoms with van der Waals surface area (Å²) in [6, 6.07) is 55.7. The van der Waals surface area contributed by atoms with Crippen molar-refractivity contribution in [1.29, 1.82) is 0 Å². The van der Waals surface area contributed by atoms with Crippen LogP contribution in [0.1, 0.15) is 316 Å². The molecule has 12 heteroatoms. The van der Waals surface area contributed by atoms with E-state index in [4.69, 9.17) is 18.9 Å². The van der Waals surface area contributed by atoms with Crippen LogP contribution in [-0.4, -0.2) is 35.6 Å². The summed E-state index contributed by atoms with van der Waals surface area (Å²) < 4.78 is 69.6. The Morgan fingerprint density at radius 2 is 0.552 bits per heavy atom. The van der Waals surface area contributed by atoms with Gasteiger partial charge in [-0.15, -0.1) is 45.3 Å². The first-order valence-electron chi connectivity index (χ1n) is 45.4. The van der Waals surface area contributed by atoms with Crippen LogP contribution < -0.4 is 18.9 Å². The molecule has 620 valence electrons. The van der Waals surface area contributed by atoms with E-state index in [2.05, 4.69) is 210 Å². The molecule has 0 saturated carbocycles. The second kappa shape index (κ2) is 46.2. The number of halogens is 2. The highest BCUT2D eigenvalue weighted by Crippen LogP contribution is 2.52. The molecule has 0 fully saturated rings. The molecule has 0 atom stereocenters. The maximum atomic E-state index is 19.2. The van der Waals surface area contributed by atoms with Gasteiger partial charge in [-0.1, -0.05) is 258 Å². The van der Waals surface area contributed by atoms with Gasteiger partial charge >= 0.3 is 0 Å². The van der Waals surface area contributed by atoms with Gasteiger partial charge in [0.05, 0.1) is 60.6 Å².